The maximum Gasteiger partial charge on any atom is 0.302 e. The molecule has 36 heavy (non-hydrogen) atoms. The number of fused-ring (bicyclic) bond motifs is 4. The Morgan fingerprint density at radius 2 is 1.56 bits per heavy atom. The molecule has 1 saturated heterocycles. The molecule has 9 atom stereocenters. The van der Waals surface area contributed by atoms with E-state index in [4.69, 9.17) is 9.47 Å². The van der Waals surface area contributed by atoms with E-state index in [1.54, 1.807) is 6.92 Å². The van der Waals surface area contributed by atoms with Crippen LogP contribution in [0.1, 0.15) is 120 Å². The minimum Gasteiger partial charge on any atom is -0.462 e. The quantitative estimate of drug-likeness (QED) is 0.361. The zero-order valence-electron chi connectivity index (χ0n) is 24.2. The SMILES string of the molecule is CC(=O)OC1CCC2(C)C(CCC3(C)C2CCC24OCC5(CCC(C)(C)CC52)C(=O)CC34C)C1(C)C. The van der Waals surface area contributed by atoms with Gasteiger partial charge in [-0.1, -0.05) is 48.5 Å². The van der Waals surface area contributed by atoms with Crippen molar-refractivity contribution in [1.29, 1.82) is 0 Å². The summed E-state index contributed by atoms with van der Waals surface area (Å²) in [5.74, 6) is 1.84. The fourth-order valence-corrected chi connectivity index (χ4v) is 12.1. The Hall–Kier alpha value is -0.900. The van der Waals surface area contributed by atoms with Gasteiger partial charge in [-0.15, -0.1) is 0 Å². The summed E-state index contributed by atoms with van der Waals surface area (Å²) in [7, 11) is 0. The Bertz CT molecular complexity index is 998. The van der Waals surface area contributed by atoms with Crippen LogP contribution in [0.3, 0.4) is 0 Å². The average Bonchev–Trinajstić information content (AvgIpc) is 3.03. The van der Waals surface area contributed by atoms with Crippen molar-refractivity contribution in [1.82, 2.24) is 0 Å². The van der Waals surface area contributed by atoms with Gasteiger partial charge in [0.15, 0.2) is 0 Å². The van der Waals surface area contributed by atoms with Crippen molar-refractivity contribution >= 4 is 11.8 Å². The molecule has 1 heterocycles. The first kappa shape index (κ1) is 25.4. The summed E-state index contributed by atoms with van der Waals surface area (Å²) in [6, 6.07) is 0. The number of rotatable bonds is 1. The highest BCUT2D eigenvalue weighted by atomic mass is 16.5. The number of Topliss-reactive ketones (excluding diaryl/α,β-unsaturated/α-hetero) is 1. The molecule has 2 bridgehead atoms. The van der Waals surface area contributed by atoms with E-state index in [1.807, 2.05) is 0 Å². The van der Waals surface area contributed by atoms with Crippen molar-refractivity contribution in [2.45, 2.75) is 131 Å². The monoisotopic (exact) mass is 498 g/mol. The van der Waals surface area contributed by atoms with Crippen LogP contribution in [-0.2, 0) is 19.1 Å². The molecule has 6 rings (SSSR count). The Morgan fingerprint density at radius 3 is 2.25 bits per heavy atom. The van der Waals surface area contributed by atoms with E-state index in [0.717, 1.165) is 51.4 Å². The van der Waals surface area contributed by atoms with Gasteiger partial charge in [0.1, 0.15) is 11.9 Å². The van der Waals surface area contributed by atoms with E-state index in [9.17, 15) is 9.59 Å². The van der Waals surface area contributed by atoms with Gasteiger partial charge in [0, 0.05) is 30.1 Å². The highest BCUT2D eigenvalue weighted by Gasteiger charge is 2.80. The second-order valence-corrected chi connectivity index (χ2v) is 16.3. The van der Waals surface area contributed by atoms with Crippen molar-refractivity contribution < 1.29 is 19.1 Å². The molecule has 9 unspecified atom stereocenters. The maximum absolute atomic E-state index is 14.2. The molecule has 4 nitrogen and oxygen atoms in total. The largest absolute Gasteiger partial charge is 0.462 e. The molecule has 1 spiro atoms. The molecule has 1 aliphatic heterocycles. The zero-order chi connectivity index (χ0) is 26.2. The van der Waals surface area contributed by atoms with Crippen LogP contribution in [0.5, 0.6) is 0 Å². The maximum atomic E-state index is 14.2. The van der Waals surface area contributed by atoms with Gasteiger partial charge in [0.05, 0.1) is 17.6 Å². The predicted octanol–water partition coefficient (Wildman–Crippen LogP) is 7.13. The van der Waals surface area contributed by atoms with E-state index in [2.05, 4.69) is 48.5 Å². The number of hydrogen-bond acceptors (Lipinski definition) is 4. The van der Waals surface area contributed by atoms with Gasteiger partial charge in [-0.25, -0.2) is 0 Å². The first-order chi connectivity index (χ1) is 16.6. The molecular weight excluding hydrogens is 448 g/mol. The second-order valence-electron chi connectivity index (χ2n) is 16.3. The molecule has 0 aromatic carbocycles. The third-order valence-corrected chi connectivity index (χ3v) is 14.2. The van der Waals surface area contributed by atoms with Crippen LogP contribution in [0, 0.1) is 50.2 Å². The highest BCUT2D eigenvalue weighted by molar-refractivity contribution is 5.88. The summed E-state index contributed by atoms with van der Waals surface area (Å²) in [5.41, 5.74) is 0.0248. The summed E-state index contributed by atoms with van der Waals surface area (Å²) in [6.45, 7) is 19.3. The van der Waals surface area contributed by atoms with Gasteiger partial charge < -0.3 is 9.47 Å². The molecule has 0 aromatic heterocycles. The number of ether oxygens (including phenoxy) is 2. The number of carbonyl (C=O) groups is 2. The average molecular weight is 499 g/mol. The molecule has 202 valence electrons. The molecule has 4 heteroatoms. The van der Waals surface area contributed by atoms with E-state index in [1.165, 1.54) is 6.42 Å². The number of carbonyl (C=O) groups excluding carboxylic acids is 2. The van der Waals surface area contributed by atoms with Crippen LogP contribution < -0.4 is 0 Å². The minimum atomic E-state index is -0.219. The molecule has 0 N–H and O–H groups in total. The molecule has 6 fully saturated rings. The molecule has 5 saturated carbocycles. The van der Waals surface area contributed by atoms with E-state index >= 15 is 0 Å². The number of hydrogen-bond donors (Lipinski definition) is 0. The summed E-state index contributed by atoms with van der Waals surface area (Å²) in [4.78, 5) is 26.1. The van der Waals surface area contributed by atoms with Crippen LogP contribution in [0.2, 0.25) is 0 Å². The second kappa shape index (κ2) is 7.19. The van der Waals surface area contributed by atoms with Crippen molar-refractivity contribution in [3.63, 3.8) is 0 Å². The van der Waals surface area contributed by atoms with Crippen LogP contribution in [0.4, 0.5) is 0 Å². The van der Waals surface area contributed by atoms with E-state index < -0.39 is 0 Å². The summed E-state index contributed by atoms with van der Waals surface area (Å²) in [6.07, 6.45) is 10.7. The molecule has 0 aromatic rings. The van der Waals surface area contributed by atoms with Crippen LogP contribution in [0.15, 0.2) is 0 Å². The first-order valence-corrected chi connectivity index (χ1v) is 14.9. The molecular formula is C32H50O4. The lowest BCUT2D eigenvalue weighted by Gasteiger charge is -2.74. The van der Waals surface area contributed by atoms with Gasteiger partial charge in [-0.05, 0) is 85.9 Å². The van der Waals surface area contributed by atoms with Crippen LogP contribution in [-0.4, -0.2) is 30.1 Å². The Morgan fingerprint density at radius 1 is 0.861 bits per heavy atom. The topological polar surface area (TPSA) is 52.6 Å². The van der Waals surface area contributed by atoms with Crippen LogP contribution in [0.25, 0.3) is 0 Å². The van der Waals surface area contributed by atoms with Gasteiger partial charge in [-0.2, -0.15) is 0 Å². The lowest BCUT2D eigenvalue weighted by Crippen LogP contribution is -2.73. The fraction of sp³-hybridized carbons (Fsp3) is 0.938. The standard InChI is InChI=1S/C32H50O4/c1-20(33)36-25-11-12-28(6)21(27(25,4)5)9-13-29(7)22(28)10-14-32-23-17-26(2,3)15-16-31(23,19-35-32)24(34)18-30(29,32)8/h21-23,25H,9-19H2,1-8H3. The zero-order valence-corrected chi connectivity index (χ0v) is 24.2. The normalized spacial score (nSPS) is 54.5. The fourth-order valence-electron chi connectivity index (χ4n) is 12.1. The predicted molar refractivity (Wildman–Crippen MR) is 140 cm³/mol. The third kappa shape index (κ3) is 2.76. The highest BCUT2D eigenvalue weighted by Crippen LogP contribution is 2.80. The van der Waals surface area contributed by atoms with Crippen molar-refractivity contribution in [3.05, 3.63) is 0 Å². The van der Waals surface area contributed by atoms with Crippen LogP contribution >= 0.6 is 0 Å². The smallest absolute Gasteiger partial charge is 0.302 e. The molecule has 0 radical (unpaired) electrons. The number of esters is 1. The summed E-state index contributed by atoms with van der Waals surface area (Å²) in [5, 5.41) is 0. The lowest BCUT2D eigenvalue weighted by atomic mass is 9.30. The molecule has 6 aliphatic rings. The summed E-state index contributed by atoms with van der Waals surface area (Å²) < 4.78 is 13.0. The Labute approximate surface area is 219 Å². The molecule has 0 amide bonds. The summed E-state index contributed by atoms with van der Waals surface area (Å²) >= 11 is 0. The van der Waals surface area contributed by atoms with Gasteiger partial charge in [0.2, 0.25) is 0 Å². The lowest BCUT2D eigenvalue weighted by molar-refractivity contribution is -0.283. The van der Waals surface area contributed by atoms with Gasteiger partial charge in [0.25, 0.3) is 0 Å². The van der Waals surface area contributed by atoms with E-state index in [-0.39, 0.29) is 50.2 Å². The van der Waals surface area contributed by atoms with Gasteiger partial charge in [-0.3, -0.25) is 9.59 Å². The van der Waals surface area contributed by atoms with Gasteiger partial charge >= 0.3 is 5.97 Å². The Balaban J connectivity index is 1.41. The third-order valence-electron chi connectivity index (χ3n) is 14.2. The van der Waals surface area contributed by atoms with E-state index in [0.29, 0.717) is 36.6 Å². The van der Waals surface area contributed by atoms with Crippen molar-refractivity contribution in [3.8, 4) is 0 Å². The Kier molecular flexibility index (Phi) is 5.07. The first-order valence-electron chi connectivity index (χ1n) is 14.9. The minimum absolute atomic E-state index is 0.00228. The molecule has 5 aliphatic carbocycles. The van der Waals surface area contributed by atoms with Crippen molar-refractivity contribution in [2.75, 3.05) is 6.61 Å². The van der Waals surface area contributed by atoms with Crippen molar-refractivity contribution in [2.24, 2.45) is 50.2 Å². The number of ketones is 1.